The van der Waals surface area contributed by atoms with E-state index in [1.807, 2.05) is 0 Å². The molecule has 0 amide bonds. The van der Waals surface area contributed by atoms with Crippen LogP contribution in [0.1, 0.15) is 32.1 Å². The molecule has 84 valence electrons. The molecule has 0 atom stereocenters. The molecule has 0 spiro atoms. The zero-order valence-corrected chi connectivity index (χ0v) is 9.37. The van der Waals surface area contributed by atoms with Gasteiger partial charge >= 0.3 is 0 Å². The van der Waals surface area contributed by atoms with Crippen molar-refractivity contribution in [3.63, 3.8) is 0 Å². The molecule has 0 aromatic heterocycles. The number of rotatable bonds is 6. The Morgan fingerprint density at radius 2 is 1.93 bits per heavy atom. The van der Waals surface area contributed by atoms with E-state index in [-0.39, 0.29) is 0 Å². The average Bonchev–Trinajstić information content (AvgIpc) is 2.21. The summed E-state index contributed by atoms with van der Waals surface area (Å²) in [6.07, 6.45) is 6.44. The van der Waals surface area contributed by atoms with Crippen LogP contribution in [-0.2, 0) is 4.74 Å². The highest BCUT2D eigenvalue weighted by Crippen LogP contribution is 2.12. The monoisotopic (exact) mass is 200 g/mol. The van der Waals surface area contributed by atoms with Gasteiger partial charge in [0.05, 0.1) is 6.10 Å². The van der Waals surface area contributed by atoms with E-state index in [1.54, 1.807) is 0 Å². The maximum atomic E-state index is 5.81. The van der Waals surface area contributed by atoms with Crippen molar-refractivity contribution in [2.45, 2.75) is 38.2 Å². The number of ether oxygens (including phenoxy) is 1. The third kappa shape index (κ3) is 4.94. The van der Waals surface area contributed by atoms with Gasteiger partial charge in [-0.2, -0.15) is 0 Å². The number of nitrogens with two attached hydrogens (primary N) is 1. The van der Waals surface area contributed by atoms with Gasteiger partial charge in [0.25, 0.3) is 0 Å². The molecule has 1 saturated heterocycles. The first-order valence-corrected chi connectivity index (χ1v) is 5.83. The summed E-state index contributed by atoms with van der Waals surface area (Å²) in [5.41, 5.74) is 5.42. The second-order valence-corrected chi connectivity index (χ2v) is 4.22. The molecule has 1 rings (SSSR count). The Morgan fingerprint density at radius 3 is 2.57 bits per heavy atom. The molecule has 0 radical (unpaired) electrons. The van der Waals surface area contributed by atoms with Crippen LogP contribution in [0.25, 0.3) is 0 Å². The van der Waals surface area contributed by atoms with Gasteiger partial charge in [-0.3, -0.25) is 0 Å². The lowest BCUT2D eigenvalue weighted by molar-refractivity contribution is 0.0108. The second kappa shape index (κ2) is 7.21. The van der Waals surface area contributed by atoms with Gasteiger partial charge in [0, 0.05) is 19.7 Å². The smallest absolute Gasteiger partial charge is 0.0599 e. The Hall–Kier alpha value is -0.120. The van der Waals surface area contributed by atoms with E-state index in [1.165, 1.54) is 38.8 Å². The van der Waals surface area contributed by atoms with Crippen molar-refractivity contribution >= 4 is 0 Å². The molecule has 3 nitrogen and oxygen atoms in total. The molecule has 1 aliphatic rings. The molecule has 0 saturated carbocycles. The lowest BCUT2D eigenvalue weighted by Gasteiger charge is -2.28. The van der Waals surface area contributed by atoms with Gasteiger partial charge in [-0.05, 0) is 45.7 Å². The fraction of sp³-hybridized carbons (Fsp3) is 1.00. The van der Waals surface area contributed by atoms with Crippen LogP contribution in [-0.4, -0.2) is 44.3 Å². The largest absolute Gasteiger partial charge is 0.378 e. The molecule has 1 fully saturated rings. The summed E-state index contributed by atoms with van der Waals surface area (Å²) >= 11 is 0. The van der Waals surface area contributed by atoms with Crippen molar-refractivity contribution < 1.29 is 4.74 Å². The molecule has 2 N–H and O–H groups in total. The van der Waals surface area contributed by atoms with Crippen molar-refractivity contribution in [3.8, 4) is 0 Å². The van der Waals surface area contributed by atoms with E-state index in [9.17, 15) is 0 Å². The Balaban J connectivity index is 1.91. The number of unbranched alkanes of at least 4 members (excludes halogenated alkanes) is 2. The summed E-state index contributed by atoms with van der Waals surface area (Å²) in [7, 11) is 2.18. The Bertz CT molecular complexity index is 133. The van der Waals surface area contributed by atoms with Crippen LogP contribution >= 0.6 is 0 Å². The Kier molecular flexibility index (Phi) is 6.15. The van der Waals surface area contributed by atoms with Crippen molar-refractivity contribution in [1.82, 2.24) is 4.90 Å². The van der Waals surface area contributed by atoms with Crippen LogP contribution in [0.15, 0.2) is 0 Å². The van der Waals surface area contributed by atoms with Crippen LogP contribution in [0.4, 0.5) is 0 Å². The van der Waals surface area contributed by atoms with E-state index in [2.05, 4.69) is 11.9 Å². The molecule has 0 unspecified atom stereocenters. The van der Waals surface area contributed by atoms with E-state index < -0.39 is 0 Å². The zero-order valence-electron chi connectivity index (χ0n) is 9.37. The van der Waals surface area contributed by atoms with Crippen LogP contribution in [0, 0.1) is 0 Å². The maximum absolute atomic E-state index is 5.81. The normalized spacial score (nSPS) is 20.1. The Morgan fingerprint density at radius 1 is 1.21 bits per heavy atom. The molecule has 0 aromatic rings. The summed E-state index contributed by atoms with van der Waals surface area (Å²) in [4.78, 5) is 2.37. The molecule has 1 heterocycles. The molecule has 3 heteroatoms. The number of hydrogen-bond donors (Lipinski definition) is 1. The Labute approximate surface area is 87.6 Å². The summed E-state index contributed by atoms with van der Waals surface area (Å²) in [6.45, 7) is 4.11. The quantitative estimate of drug-likeness (QED) is 0.655. The predicted molar refractivity (Wildman–Crippen MR) is 59.4 cm³/mol. The third-order valence-corrected chi connectivity index (χ3v) is 2.87. The molecular formula is C11H24N2O. The van der Waals surface area contributed by atoms with Gasteiger partial charge in [-0.15, -0.1) is 0 Å². The highest BCUT2D eigenvalue weighted by atomic mass is 16.5. The van der Waals surface area contributed by atoms with E-state index in [4.69, 9.17) is 10.5 Å². The van der Waals surface area contributed by atoms with E-state index in [0.29, 0.717) is 6.10 Å². The van der Waals surface area contributed by atoms with Gasteiger partial charge in [0.15, 0.2) is 0 Å². The van der Waals surface area contributed by atoms with Gasteiger partial charge in [0.2, 0.25) is 0 Å². The van der Waals surface area contributed by atoms with Gasteiger partial charge in [-0.1, -0.05) is 0 Å². The molecular weight excluding hydrogens is 176 g/mol. The third-order valence-electron chi connectivity index (χ3n) is 2.87. The topological polar surface area (TPSA) is 38.5 Å². The van der Waals surface area contributed by atoms with Crippen LogP contribution in [0.3, 0.4) is 0 Å². The highest BCUT2D eigenvalue weighted by molar-refractivity contribution is 4.69. The minimum Gasteiger partial charge on any atom is -0.378 e. The lowest BCUT2D eigenvalue weighted by Crippen LogP contribution is -2.34. The second-order valence-electron chi connectivity index (χ2n) is 4.22. The maximum Gasteiger partial charge on any atom is 0.0599 e. The van der Waals surface area contributed by atoms with E-state index >= 15 is 0 Å². The number of likely N-dealkylation sites (tertiary alicyclic amines) is 1. The van der Waals surface area contributed by atoms with Crippen LogP contribution < -0.4 is 5.73 Å². The first kappa shape index (κ1) is 12.0. The standard InChI is InChI=1S/C11H24N2O/c1-13-8-5-11(6-9-13)14-10-4-2-3-7-12/h11H,2-10,12H2,1H3. The van der Waals surface area contributed by atoms with Crippen LogP contribution in [0.2, 0.25) is 0 Å². The summed E-state index contributed by atoms with van der Waals surface area (Å²) in [6, 6.07) is 0. The first-order chi connectivity index (χ1) is 6.83. The van der Waals surface area contributed by atoms with Crippen molar-refractivity contribution in [3.05, 3.63) is 0 Å². The minimum absolute atomic E-state index is 0.518. The molecule has 0 bridgehead atoms. The number of hydrogen-bond acceptors (Lipinski definition) is 3. The molecule has 0 aromatic carbocycles. The molecule has 1 aliphatic heterocycles. The van der Waals surface area contributed by atoms with Crippen molar-refractivity contribution in [2.24, 2.45) is 5.73 Å². The first-order valence-electron chi connectivity index (χ1n) is 5.83. The van der Waals surface area contributed by atoms with Crippen molar-refractivity contribution in [1.29, 1.82) is 0 Å². The number of piperidine rings is 1. The van der Waals surface area contributed by atoms with Gasteiger partial charge in [-0.25, -0.2) is 0 Å². The average molecular weight is 200 g/mol. The lowest BCUT2D eigenvalue weighted by atomic mass is 10.1. The van der Waals surface area contributed by atoms with E-state index in [0.717, 1.165) is 19.6 Å². The number of nitrogens with zero attached hydrogens (tertiary/aromatic N) is 1. The summed E-state index contributed by atoms with van der Waals surface area (Å²) in [5.74, 6) is 0. The van der Waals surface area contributed by atoms with Gasteiger partial charge in [0.1, 0.15) is 0 Å². The summed E-state index contributed by atoms with van der Waals surface area (Å²) < 4.78 is 5.81. The van der Waals surface area contributed by atoms with Gasteiger partial charge < -0.3 is 15.4 Å². The minimum atomic E-state index is 0.518. The van der Waals surface area contributed by atoms with Crippen molar-refractivity contribution in [2.75, 3.05) is 33.3 Å². The predicted octanol–water partition coefficient (Wildman–Crippen LogP) is 1.23. The summed E-state index contributed by atoms with van der Waals surface area (Å²) in [5, 5.41) is 0. The fourth-order valence-electron chi connectivity index (χ4n) is 1.82. The zero-order chi connectivity index (χ0) is 10.2. The molecule has 14 heavy (non-hydrogen) atoms. The SMILES string of the molecule is CN1CCC(OCCCCCN)CC1. The highest BCUT2D eigenvalue weighted by Gasteiger charge is 2.16. The van der Waals surface area contributed by atoms with Crippen LogP contribution in [0.5, 0.6) is 0 Å². The fourth-order valence-corrected chi connectivity index (χ4v) is 1.82. The molecule has 0 aliphatic carbocycles.